The molecule has 0 atom stereocenters. The summed E-state index contributed by atoms with van der Waals surface area (Å²) >= 11 is 0. The third kappa shape index (κ3) is 3.51. The molecule has 0 saturated heterocycles. The van der Waals surface area contributed by atoms with Gasteiger partial charge in [0.2, 0.25) is 0 Å². The van der Waals surface area contributed by atoms with Crippen LogP contribution in [0.2, 0.25) is 0 Å². The van der Waals surface area contributed by atoms with E-state index >= 15 is 0 Å². The highest BCUT2D eigenvalue weighted by Crippen LogP contribution is 2.23. The molecule has 2 aromatic rings. The molecule has 0 aromatic heterocycles. The largest absolute Gasteiger partial charge is 0.491 e. The highest BCUT2D eigenvalue weighted by Gasteiger charge is 2.17. The monoisotopic (exact) mass is 331 g/mol. The molecule has 0 heterocycles. The molecule has 0 aliphatic carbocycles. The van der Waals surface area contributed by atoms with Gasteiger partial charge in [0, 0.05) is 6.07 Å². The van der Waals surface area contributed by atoms with Crippen LogP contribution in [0.1, 0.15) is 6.92 Å². The van der Waals surface area contributed by atoms with Gasteiger partial charge in [0.05, 0.1) is 17.2 Å². The number of ether oxygens (including phenoxy) is 1. The van der Waals surface area contributed by atoms with Crippen LogP contribution in [-0.2, 0) is 10.0 Å². The first-order valence-corrected chi connectivity index (χ1v) is 7.72. The van der Waals surface area contributed by atoms with Gasteiger partial charge in [-0.25, -0.2) is 21.6 Å². The highest BCUT2D eigenvalue weighted by atomic mass is 32.2. The van der Waals surface area contributed by atoms with Gasteiger partial charge >= 0.3 is 0 Å². The Bertz CT molecular complexity index is 794. The van der Waals surface area contributed by atoms with Crippen molar-refractivity contribution in [2.75, 3.05) is 11.3 Å². The first-order chi connectivity index (χ1) is 10.3. The van der Waals surface area contributed by atoms with Gasteiger partial charge in [-0.3, -0.25) is 4.72 Å². The van der Waals surface area contributed by atoms with E-state index in [0.717, 1.165) is 24.3 Å². The van der Waals surface area contributed by atoms with Gasteiger partial charge in [0.1, 0.15) is 0 Å². The van der Waals surface area contributed by atoms with E-state index in [2.05, 4.69) is 0 Å². The lowest BCUT2D eigenvalue weighted by molar-refractivity contribution is 0.321. The Morgan fingerprint density at radius 2 is 1.73 bits per heavy atom. The van der Waals surface area contributed by atoms with Gasteiger partial charge in [0.15, 0.2) is 23.2 Å². The second-order valence-corrected chi connectivity index (χ2v) is 5.94. The molecule has 0 fully saturated rings. The average Bonchev–Trinajstić information content (AvgIpc) is 2.45. The third-order valence-corrected chi connectivity index (χ3v) is 4.06. The van der Waals surface area contributed by atoms with Crippen molar-refractivity contribution in [2.45, 2.75) is 11.8 Å². The summed E-state index contributed by atoms with van der Waals surface area (Å²) in [5.41, 5.74) is -0.173. The molecule has 22 heavy (non-hydrogen) atoms. The molecule has 118 valence electrons. The molecule has 0 unspecified atom stereocenters. The van der Waals surface area contributed by atoms with Crippen molar-refractivity contribution in [3.63, 3.8) is 0 Å². The summed E-state index contributed by atoms with van der Waals surface area (Å²) in [6.45, 7) is 1.89. The standard InChI is InChI=1S/C14H12F3NO3S/c1-2-21-14-6-4-10(8-13(14)17)22(19,20)18-9-3-5-11(15)12(16)7-9/h3-8,18H,2H2,1H3. The lowest BCUT2D eigenvalue weighted by Gasteiger charge is -2.10. The van der Waals surface area contributed by atoms with E-state index < -0.39 is 27.5 Å². The van der Waals surface area contributed by atoms with Gasteiger partial charge < -0.3 is 4.74 Å². The molecule has 0 aliphatic heterocycles. The molecule has 0 radical (unpaired) electrons. The maximum atomic E-state index is 13.7. The van der Waals surface area contributed by atoms with Crippen LogP contribution in [0, 0.1) is 17.5 Å². The number of nitrogens with one attached hydrogen (secondary N) is 1. The van der Waals surface area contributed by atoms with E-state index in [4.69, 9.17) is 4.74 Å². The summed E-state index contributed by atoms with van der Waals surface area (Å²) < 4.78 is 70.8. The predicted molar refractivity (Wildman–Crippen MR) is 74.7 cm³/mol. The Hall–Kier alpha value is -2.22. The van der Waals surface area contributed by atoms with Crippen LogP contribution in [0.15, 0.2) is 41.3 Å². The molecule has 2 aromatic carbocycles. The van der Waals surface area contributed by atoms with Crippen molar-refractivity contribution in [1.82, 2.24) is 0 Å². The van der Waals surface area contributed by atoms with E-state index in [9.17, 15) is 21.6 Å². The zero-order valence-electron chi connectivity index (χ0n) is 11.4. The number of benzene rings is 2. The molecular formula is C14H12F3NO3S. The number of rotatable bonds is 5. The molecule has 0 amide bonds. The number of halogens is 3. The summed E-state index contributed by atoms with van der Waals surface area (Å²) in [6.07, 6.45) is 0. The number of hydrogen-bond acceptors (Lipinski definition) is 3. The normalized spacial score (nSPS) is 11.3. The van der Waals surface area contributed by atoms with Crippen LogP contribution >= 0.6 is 0 Å². The SMILES string of the molecule is CCOc1ccc(S(=O)(=O)Nc2ccc(F)c(F)c2)cc1F. The van der Waals surface area contributed by atoms with Gasteiger partial charge in [-0.15, -0.1) is 0 Å². The van der Waals surface area contributed by atoms with E-state index in [1.54, 1.807) is 6.92 Å². The second-order valence-electron chi connectivity index (χ2n) is 4.26. The van der Waals surface area contributed by atoms with Crippen LogP contribution in [0.4, 0.5) is 18.9 Å². The summed E-state index contributed by atoms with van der Waals surface area (Å²) in [5.74, 6) is -3.21. The Morgan fingerprint density at radius 1 is 1.00 bits per heavy atom. The minimum Gasteiger partial charge on any atom is -0.491 e. The topological polar surface area (TPSA) is 55.4 Å². The zero-order chi connectivity index (χ0) is 16.3. The second kappa shape index (κ2) is 6.27. The summed E-state index contributed by atoms with van der Waals surface area (Å²) in [4.78, 5) is -0.363. The minimum absolute atomic E-state index is 0.0747. The zero-order valence-corrected chi connectivity index (χ0v) is 12.3. The fourth-order valence-electron chi connectivity index (χ4n) is 1.69. The van der Waals surface area contributed by atoms with Crippen molar-refractivity contribution >= 4 is 15.7 Å². The molecule has 4 nitrogen and oxygen atoms in total. The van der Waals surface area contributed by atoms with Gasteiger partial charge in [-0.05, 0) is 37.3 Å². The molecule has 0 spiro atoms. The van der Waals surface area contributed by atoms with E-state index in [0.29, 0.717) is 6.07 Å². The highest BCUT2D eigenvalue weighted by molar-refractivity contribution is 7.92. The van der Waals surface area contributed by atoms with Crippen LogP contribution in [0.5, 0.6) is 5.75 Å². The van der Waals surface area contributed by atoms with Crippen molar-refractivity contribution in [1.29, 1.82) is 0 Å². The first-order valence-electron chi connectivity index (χ1n) is 6.23. The number of anilines is 1. The Kier molecular flexibility index (Phi) is 4.60. The molecule has 0 bridgehead atoms. The molecule has 0 saturated carbocycles. The van der Waals surface area contributed by atoms with Gasteiger partial charge in [-0.2, -0.15) is 0 Å². The summed E-state index contributed by atoms with van der Waals surface area (Å²) in [7, 11) is -4.13. The van der Waals surface area contributed by atoms with Gasteiger partial charge in [0.25, 0.3) is 10.0 Å². The maximum absolute atomic E-state index is 13.7. The fourth-order valence-corrected chi connectivity index (χ4v) is 2.76. The number of hydrogen-bond donors (Lipinski definition) is 1. The van der Waals surface area contributed by atoms with E-state index in [-0.39, 0.29) is 22.9 Å². The molecule has 8 heteroatoms. The van der Waals surface area contributed by atoms with Crippen LogP contribution in [0.3, 0.4) is 0 Å². The van der Waals surface area contributed by atoms with Crippen molar-refractivity contribution < 1.29 is 26.3 Å². The van der Waals surface area contributed by atoms with Crippen molar-refractivity contribution in [2.24, 2.45) is 0 Å². The Balaban J connectivity index is 2.30. The molecular weight excluding hydrogens is 319 g/mol. The average molecular weight is 331 g/mol. The summed E-state index contributed by atoms with van der Waals surface area (Å²) in [6, 6.07) is 5.65. The quantitative estimate of drug-likeness (QED) is 0.914. The smallest absolute Gasteiger partial charge is 0.262 e. The van der Waals surface area contributed by atoms with Gasteiger partial charge in [-0.1, -0.05) is 0 Å². The molecule has 2 rings (SSSR count). The van der Waals surface area contributed by atoms with E-state index in [1.807, 2.05) is 4.72 Å². The third-order valence-electron chi connectivity index (χ3n) is 2.69. The lowest BCUT2D eigenvalue weighted by Crippen LogP contribution is -2.13. The van der Waals surface area contributed by atoms with Crippen LogP contribution < -0.4 is 9.46 Å². The van der Waals surface area contributed by atoms with Crippen LogP contribution in [0.25, 0.3) is 0 Å². The fraction of sp³-hybridized carbons (Fsp3) is 0.143. The number of sulfonamides is 1. The predicted octanol–water partition coefficient (Wildman–Crippen LogP) is 3.30. The Labute approximate surface area is 125 Å². The first kappa shape index (κ1) is 16.2. The van der Waals surface area contributed by atoms with Crippen LogP contribution in [-0.4, -0.2) is 15.0 Å². The maximum Gasteiger partial charge on any atom is 0.262 e. The van der Waals surface area contributed by atoms with Crippen molar-refractivity contribution in [3.8, 4) is 5.75 Å². The molecule has 1 N–H and O–H groups in total. The lowest BCUT2D eigenvalue weighted by atomic mass is 10.3. The minimum atomic E-state index is -4.13. The van der Waals surface area contributed by atoms with Crippen molar-refractivity contribution in [3.05, 3.63) is 53.8 Å². The summed E-state index contributed by atoms with van der Waals surface area (Å²) in [5, 5.41) is 0. The van der Waals surface area contributed by atoms with E-state index in [1.165, 1.54) is 6.07 Å². The molecule has 0 aliphatic rings. The Morgan fingerprint density at radius 3 is 2.32 bits per heavy atom.